The van der Waals surface area contributed by atoms with Crippen LogP contribution in [0.3, 0.4) is 0 Å². The lowest BCUT2D eigenvalue weighted by Crippen LogP contribution is -2.35. The van der Waals surface area contributed by atoms with Crippen molar-refractivity contribution < 1.29 is 9.18 Å². The van der Waals surface area contributed by atoms with E-state index in [1.165, 1.54) is 17.7 Å². The molecule has 0 bridgehead atoms. The highest BCUT2D eigenvalue weighted by molar-refractivity contribution is 7.07. The Balaban J connectivity index is 1.90. The summed E-state index contributed by atoms with van der Waals surface area (Å²) in [5.74, 6) is -0.410. The van der Waals surface area contributed by atoms with Gasteiger partial charge in [0.15, 0.2) is 0 Å². The van der Waals surface area contributed by atoms with E-state index in [1.807, 2.05) is 19.5 Å². The Morgan fingerprint density at radius 1 is 1.38 bits per heavy atom. The number of hydrogen-bond acceptors (Lipinski definition) is 3. The van der Waals surface area contributed by atoms with Gasteiger partial charge in [0.1, 0.15) is 5.82 Å². The average Bonchev–Trinajstić information content (AvgIpc) is 2.92. The lowest BCUT2D eigenvalue weighted by Gasteiger charge is -2.24. The summed E-state index contributed by atoms with van der Waals surface area (Å²) >= 11 is 1.64. The van der Waals surface area contributed by atoms with Gasteiger partial charge < -0.3 is 10.2 Å². The van der Waals surface area contributed by atoms with Crippen molar-refractivity contribution in [1.82, 2.24) is 10.2 Å². The Hall–Kier alpha value is -1.72. The van der Waals surface area contributed by atoms with E-state index in [0.717, 1.165) is 0 Å². The maximum Gasteiger partial charge on any atom is 0.224 e. The average molecular weight is 306 g/mol. The smallest absolute Gasteiger partial charge is 0.224 e. The van der Waals surface area contributed by atoms with Crippen molar-refractivity contribution in [3.63, 3.8) is 0 Å². The lowest BCUT2D eigenvalue weighted by molar-refractivity contribution is -0.120. The molecular weight excluding hydrogens is 287 g/mol. The summed E-state index contributed by atoms with van der Waals surface area (Å²) in [7, 11) is 3.97. The van der Waals surface area contributed by atoms with E-state index in [-0.39, 0.29) is 24.2 Å². The highest BCUT2D eigenvalue weighted by Gasteiger charge is 2.15. The van der Waals surface area contributed by atoms with Gasteiger partial charge in [0.05, 0.1) is 12.5 Å². The van der Waals surface area contributed by atoms with Gasteiger partial charge in [0.2, 0.25) is 5.91 Å². The van der Waals surface area contributed by atoms with Gasteiger partial charge in [0.25, 0.3) is 0 Å². The summed E-state index contributed by atoms with van der Waals surface area (Å²) in [6.45, 7) is 0.540. The molecule has 21 heavy (non-hydrogen) atoms. The maximum atomic E-state index is 13.1. The summed E-state index contributed by atoms with van der Waals surface area (Å²) in [6.07, 6.45) is 0.196. The molecule has 1 heterocycles. The number of nitrogens with one attached hydrogen (secondary N) is 1. The van der Waals surface area contributed by atoms with Gasteiger partial charge in [0, 0.05) is 6.54 Å². The van der Waals surface area contributed by atoms with Crippen molar-refractivity contribution in [1.29, 1.82) is 0 Å². The molecule has 1 unspecified atom stereocenters. The standard InChI is InChI=1S/C16H19FN2OS/c1-19(2)15(13-6-7-21-11-13)10-18-16(20)9-12-4-3-5-14(17)8-12/h3-8,11,15H,9-10H2,1-2H3,(H,18,20). The van der Waals surface area contributed by atoms with Crippen molar-refractivity contribution >= 4 is 17.2 Å². The molecule has 0 saturated heterocycles. The first-order valence-electron chi connectivity index (χ1n) is 6.76. The fraction of sp³-hybridized carbons (Fsp3) is 0.312. The van der Waals surface area contributed by atoms with Crippen LogP contribution in [0.25, 0.3) is 0 Å². The van der Waals surface area contributed by atoms with Crippen LogP contribution in [-0.4, -0.2) is 31.4 Å². The summed E-state index contributed by atoms with van der Waals surface area (Å²) in [5.41, 5.74) is 1.88. The third-order valence-electron chi connectivity index (χ3n) is 3.30. The first-order chi connectivity index (χ1) is 10.1. The summed E-state index contributed by atoms with van der Waals surface area (Å²) in [4.78, 5) is 14.0. The van der Waals surface area contributed by atoms with Gasteiger partial charge in [-0.1, -0.05) is 12.1 Å². The number of likely N-dealkylation sites (N-methyl/N-ethyl adjacent to an activating group) is 1. The van der Waals surface area contributed by atoms with E-state index in [4.69, 9.17) is 0 Å². The minimum absolute atomic E-state index is 0.0947. The summed E-state index contributed by atoms with van der Waals surface area (Å²) in [5, 5.41) is 7.04. The molecule has 112 valence electrons. The second kappa shape index (κ2) is 7.33. The third-order valence-corrected chi connectivity index (χ3v) is 4.00. The molecule has 0 aliphatic carbocycles. The van der Waals surface area contributed by atoms with Gasteiger partial charge in [-0.05, 0) is 54.2 Å². The SMILES string of the molecule is CN(C)C(CNC(=O)Cc1cccc(F)c1)c1ccsc1. The molecule has 0 aliphatic rings. The van der Waals surface area contributed by atoms with Crippen molar-refractivity contribution in [2.24, 2.45) is 0 Å². The predicted molar refractivity (Wildman–Crippen MR) is 83.9 cm³/mol. The number of benzene rings is 1. The van der Waals surface area contributed by atoms with E-state index >= 15 is 0 Å². The number of rotatable bonds is 6. The Morgan fingerprint density at radius 3 is 2.81 bits per heavy atom. The molecule has 0 spiro atoms. The van der Waals surface area contributed by atoms with Crippen molar-refractivity contribution in [3.8, 4) is 0 Å². The van der Waals surface area contributed by atoms with Gasteiger partial charge in [-0.3, -0.25) is 4.79 Å². The molecule has 1 aromatic carbocycles. The molecule has 0 saturated carbocycles. The van der Waals surface area contributed by atoms with E-state index in [2.05, 4.69) is 21.7 Å². The lowest BCUT2D eigenvalue weighted by atomic mass is 10.1. The summed E-state index contributed by atoms with van der Waals surface area (Å²) in [6, 6.07) is 8.35. The number of hydrogen-bond donors (Lipinski definition) is 1. The van der Waals surface area contributed by atoms with Crippen LogP contribution < -0.4 is 5.32 Å². The molecule has 2 aromatic rings. The fourth-order valence-electron chi connectivity index (χ4n) is 2.17. The molecule has 1 N–H and O–H groups in total. The first kappa shape index (κ1) is 15.7. The monoisotopic (exact) mass is 306 g/mol. The molecule has 1 amide bonds. The number of carbonyl (C=O) groups is 1. The quantitative estimate of drug-likeness (QED) is 0.890. The zero-order valence-electron chi connectivity index (χ0n) is 12.2. The molecule has 0 fully saturated rings. The van der Waals surface area contributed by atoms with Gasteiger partial charge in [-0.15, -0.1) is 0 Å². The topological polar surface area (TPSA) is 32.3 Å². The van der Waals surface area contributed by atoms with Crippen LogP contribution in [0, 0.1) is 5.82 Å². The van der Waals surface area contributed by atoms with Crippen LogP contribution in [0.2, 0.25) is 0 Å². The highest BCUT2D eigenvalue weighted by Crippen LogP contribution is 2.20. The van der Waals surface area contributed by atoms with Gasteiger partial charge >= 0.3 is 0 Å². The second-order valence-corrected chi connectivity index (χ2v) is 5.93. The minimum atomic E-state index is -0.315. The zero-order valence-corrected chi connectivity index (χ0v) is 13.0. The van der Waals surface area contributed by atoms with Crippen LogP contribution in [0.15, 0.2) is 41.1 Å². The number of halogens is 1. The number of thiophene rings is 1. The van der Waals surface area contributed by atoms with E-state index in [1.54, 1.807) is 23.5 Å². The Morgan fingerprint density at radius 2 is 2.19 bits per heavy atom. The molecule has 1 aromatic heterocycles. The van der Waals surface area contributed by atoms with E-state index in [9.17, 15) is 9.18 Å². The van der Waals surface area contributed by atoms with Crippen LogP contribution in [0.4, 0.5) is 4.39 Å². The molecule has 3 nitrogen and oxygen atoms in total. The van der Waals surface area contributed by atoms with Gasteiger partial charge in [-0.2, -0.15) is 11.3 Å². The maximum absolute atomic E-state index is 13.1. The Bertz CT molecular complexity index is 584. The summed E-state index contributed by atoms with van der Waals surface area (Å²) < 4.78 is 13.1. The van der Waals surface area contributed by atoms with Crippen LogP contribution in [-0.2, 0) is 11.2 Å². The zero-order chi connectivity index (χ0) is 15.2. The first-order valence-corrected chi connectivity index (χ1v) is 7.70. The number of amides is 1. The highest BCUT2D eigenvalue weighted by atomic mass is 32.1. The molecule has 2 rings (SSSR count). The Kier molecular flexibility index (Phi) is 5.47. The van der Waals surface area contributed by atoms with Crippen molar-refractivity contribution in [3.05, 3.63) is 58.0 Å². The Labute approximate surface area is 128 Å². The third kappa shape index (κ3) is 4.65. The second-order valence-electron chi connectivity index (χ2n) is 5.15. The van der Waals surface area contributed by atoms with Crippen LogP contribution in [0.5, 0.6) is 0 Å². The number of nitrogens with zero attached hydrogens (tertiary/aromatic N) is 1. The van der Waals surface area contributed by atoms with Crippen LogP contribution >= 0.6 is 11.3 Å². The number of carbonyl (C=O) groups excluding carboxylic acids is 1. The molecule has 0 radical (unpaired) electrons. The van der Waals surface area contributed by atoms with Crippen molar-refractivity contribution in [2.45, 2.75) is 12.5 Å². The largest absolute Gasteiger partial charge is 0.354 e. The predicted octanol–water partition coefficient (Wildman–Crippen LogP) is 2.85. The van der Waals surface area contributed by atoms with Gasteiger partial charge in [-0.25, -0.2) is 4.39 Å². The van der Waals surface area contributed by atoms with E-state index in [0.29, 0.717) is 12.1 Å². The normalized spacial score (nSPS) is 12.4. The molecule has 5 heteroatoms. The molecule has 1 atom stereocenters. The van der Waals surface area contributed by atoms with E-state index < -0.39 is 0 Å². The van der Waals surface area contributed by atoms with Crippen molar-refractivity contribution in [2.75, 3.05) is 20.6 Å². The van der Waals surface area contributed by atoms with Crippen LogP contribution in [0.1, 0.15) is 17.2 Å². The molecule has 0 aliphatic heterocycles. The fourth-order valence-corrected chi connectivity index (χ4v) is 2.88. The molecular formula is C16H19FN2OS. The minimum Gasteiger partial charge on any atom is -0.354 e.